The molecule has 0 spiro atoms. The Kier molecular flexibility index (Phi) is 4.68. The lowest BCUT2D eigenvalue weighted by Gasteiger charge is -2.11. The molecule has 0 aliphatic carbocycles. The Bertz CT molecular complexity index is 601. The fourth-order valence-electron chi connectivity index (χ4n) is 1.67. The van der Waals surface area contributed by atoms with Crippen molar-refractivity contribution in [2.75, 3.05) is 5.32 Å². The lowest BCUT2D eigenvalue weighted by Crippen LogP contribution is -2.27. The van der Waals surface area contributed by atoms with Crippen LogP contribution in [0.15, 0.2) is 53.8 Å². The van der Waals surface area contributed by atoms with Gasteiger partial charge in [0.05, 0.1) is 6.04 Å². The number of guanidine groups is 1. The van der Waals surface area contributed by atoms with E-state index in [2.05, 4.69) is 26.7 Å². The molecule has 99 valence electrons. The highest BCUT2D eigenvalue weighted by Crippen LogP contribution is 2.16. The molecule has 1 aromatic heterocycles. The summed E-state index contributed by atoms with van der Waals surface area (Å²) in [5.41, 5.74) is 1.87. The van der Waals surface area contributed by atoms with Crippen LogP contribution in [-0.4, -0.2) is 10.9 Å². The van der Waals surface area contributed by atoms with E-state index < -0.39 is 0 Å². The Morgan fingerprint density at radius 3 is 2.65 bits per heavy atom. The van der Waals surface area contributed by atoms with Gasteiger partial charge in [0.1, 0.15) is 0 Å². The standard InChI is InChI=1S/C15H14N5/c1-12(13-5-3-2-4-6-13)19-15(18-11-16)20-14-7-9-17-10-8-14/h3-10,12H,1H3,(H2,17,18,19,20)/t12-/m1/s1. The van der Waals surface area contributed by atoms with Gasteiger partial charge in [-0.2, -0.15) is 5.26 Å². The molecule has 0 aliphatic heterocycles. The van der Waals surface area contributed by atoms with Crippen molar-refractivity contribution in [3.05, 3.63) is 60.4 Å². The number of nitrogens with one attached hydrogen (secondary N) is 2. The molecule has 0 saturated heterocycles. The van der Waals surface area contributed by atoms with E-state index >= 15 is 0 Å². The zero-order valence-corrected chi connectivity index (χ0v) is 11.0. The minimum absolute atomic E-state index is 0.0743. The third kappa shape index (κ3) is 3.82. The first-order valence-electron chi connectivity index (χ1n) is 6.15. The molecule has 5 nitrogen and oxygen atoms in total. The molecule has 2 N–H and O–H groups in total. The van der Waals surface area contributed by atoms with Crippen molar-refractivity contribution in [3.63, 3.8) is 0 Å². The van der Waals surface area contributed by atoms with Crippen LogP contribution in [0.4, 0.5) is 5.69 Å². The third-order valence-electron chi connectivity index (χ3n) is 2.67. The van der Waals surface area contributed by atoms with E-state index in [-0.39, 0.29) is 6.04 Å². The van der Waals surface area contributed by atoms with E-state index in [0.717, 1.165) is 11.3 Å². The van der Waals surface area contributed by atoms with Crippen LogP contribution < -0.4 is 10.6 Å². The molecule has 2 aromatic rings. The van der Waals surface area contributed by atoms with Crippen LogP contribution in [-0.2, 0) is 0 Å². The number of hydrogen-bond acceptors (Lipinski definition) is 3. The highest BCUT2D eigenvalue weighted by atomic mass is 15.2. The maximum atomic E-state index is 8.80. The second kappa shape index (κ2) is 6.90. The number of nitriles is 1. The Labute approximate surface area is 118 Å². The summed E-state index contributed by atoms with van der Waals surface area (Å²) in [5.74, 6) is 0.402. The van der Waals surface area contributed by atoms with E-state index in [9.17, 15) is 0 Å². The Hall–Kier alpha value is -2.87. The SMILES string of the molecule is C[C@@H](N=C(NC#N)Nc1ccncc1)c1cc[c]cc1. The Morgan fingerprint density at radius 2 is 2.00 bits per heavy atom. The predicted octanol–water partition coefficient (Wildman–Crippen LogP) is 2.48. The maximum Gasteiger partial charge on any atom is 0.209 e. The van der Waals surface area contributed by atoms with Gasteiger partial charge in [-0.05, 0) is 30.7 Å². The second-order valence-corrected chi connectivity index (χ2v) is 4.08. The summed E-state index contributed by atoms with van der Waals surface area (Å²) in [6, 6.07) is 14.1. The molecule has 1 radical (unpaired) electrons. The minimum Gasteiger partial charge on any atom is -0.325 e. The zero-order chi connectivity index (χ0) is 14.2. The van der Waals surface area contributed by atoms with Crippen molar-refractivity contribution in [1.29, 1.82) is 5.26 Å². The molecule has 20 heavy (non-hydrogen) atoms. The average Bonchev–Trinajstić information content (AvgIpc) is 2.49. The molecular formula is C15H14N5. The van der Waals surface area contributed by atoms with Crippen molar-refractivity contribution in [2.45, 2.75) is 13.0 Å². The summed E-state index contributed by atoms with van der Waals surface area (Å²) in [6.45, 7) is 1.96. The Morgan fingerprint density at radius 1 is 1.30 bits per heavy atom. The van der Waals surface area contributed by atoms with E-state index in [1.54, 1.807) is 24.5 Å². The molecule has 2 rings (SSSR count). The molecule has 1 atom stereocenters. The van der Waals surface area contributed by atoms with Crippen LogP contribution in [0, 0.1) is 17.5 Å². The van der Waals surface area contributed by atoms with Crippen LogP contribution in [0.2, 0.25) is 0 Å². The topological polar surface area (TPSA) is 73.1 Å². The quantitative estimate of drug-likeness (QED) is 0.386. The van der Waals surface area contributed by atoms with Gasteiger partial charge in [0, 0.05) is 18.1 Å². The third-order valence-corrected chi connectivity index (χ3v) is 2.67. The predicted molar refractivity (Wildman–Crippen MR) is 77.7 cm³/mol. The summed E-state index contributed by atoms with van der Waals surface area (Å²) >= 11 is 0. The van der Waals surface area contributed by atoms with Gasteiger partial charge in [0.25, 0.3) is 0 Å². The number of anilines is 1. The van der Waals surface area contributed by atoms with Gasteiger partial charge in [-0.25, -0.2) is 4.99 Å². The van der Waals surface area contributed by atoms with Crippen molar-refractivity contribution in [3.8, 4) is 6.19 Å². The number of nitrogens with zero attached hydrogens (tertiary/aromatic N) is 3. The second-order valence-electron chi connectivity index (χ2n) is 4.08. The zero-order valence-electron chi connectivity index (χ0n) is 11.0. The highest BCUT2D eigenvalue weighted by molar-refractivity contribution is 5.94. The lowest BCUT2D eigenvalue weighted by atomic mass is 10.1. The summed E-state index contributed by atoms with van der Waals surface area (Å²) in [6.07, 6.45) is 5.22. The van der Waals surface area contributed by atoms with Gasteiger partial charge < -0.3 is 5.32 Å². The molecular weight excluding hydrogens is 250 g/mol. The maximum absolute atomic E-state index is 8.80. The van der Waals surface area contributed by atoms with Gasteiger partial charge in [0.2, 0.25) is 5.96 Å². The van der Waals surface area contributed by atoms with Crippen molar-refractivity contribution >= 4 is 11.6 Å². The van der Waals surface area contributed by atoms with Crippen molar-refractivity contribution in [1.82, 2.24) is 10.3 Å². The fourth-order valence-corrected chi connectivity index (χ4v) is 1.67. The number of benzene rings is 1. The monoisotopic (exact) mass is 264 g/mol. The van der Waals surface area contributed by atoms with Gasteiger partial charge >= 0.3 is 0 Å². The van der Waals surface area contributed by atoms with Crippen LogP contribution in [0.25, 0.3) is 0 Å². The summed E-state index contributed by atoms with van der Waals surface area (Å²) in [5, 5.41) is 14.4. The molecule has 1 heterocycles. The van der Waals surface area contributed by atoms with Crippen molar-refractivity contribution < 1.29 is 0 Å². The van der Waals surface area contributed by atoms with Gasteiger partial charge in [0.15, 0.2) is 6.19 Å². The van der Waals surface area contributed by atoms with Gasteiger partial charge in [-0.15, -0.1) is 0 Å². The Balaban J connectivity index is 2.16. The van der Waals surface area contributed by atoms with E-state index in [1.807, 2.05) is 37.4 Å². The van der Waals surface area contributed by atoms with Crippen LogP contribution in [0.5, 0.6) is 0 Å². The van der Waals surface area contributed by atoms with E-state index in [0.29, 0.717) is 5.96 Å². The van der Waals surface area contributed by atoms with Crippen LogP contribution in [0.1, 0.15) is 18.5 Å². The molecule has 0 amide bonds. The summed E-state index contributed by atoms with van der Waals surface area (Å²) in [4.78, 5) is 8.41. The number of aromatic nitrogens is 1. The van der Waals surface area contributed by atoms with E-state index in [4.69, 9.17) is 5.26 Å². The van der Waals surface area contributed by atoms with Crippen LogP contribution in [0.3, 0.4) is 0 Å². The molecule has 0 bridgehead atoms. The molecule has 0 unspecified atom stereocenters. The summed E-state index contributed by atoms with van der Waals surface area (Å²) < 4.78 is 0. The molecule has 0 aliphatic rings. The smallest absolute Gasteiger partial charge is 0.209 e. The molecule has 5 heteroatoms. The first kappa shape index (κ1) is 13.6. The largest absolute Gasteiger partial charge is 0.325 e. The number of hydrogen-bond donors (Lipinski definition) is 2. The first-order valence-corrected chi connectivity index (χ1v) is 6.15. The average molecular weight is 264 g/mol. The van der Waals surface area contributed by atoms with Gasteiger partial charge in [-0.3, -0.25) is 10.3 Å². The lowest BCUT2D eigenvalue weighted by molar-refractivity contribution is 0.813. The first-order chi connectivity index (χ1) is 9.79. The number of aliphatic imine (C=N–C) groups is 1. The fraction of sp³-hybridized carbons (Fsp3) is 0.133. The van der Waals surface area contributed by atoms with Gasteiger partial charge in [-0.1, -0.05) is 24.3 Å². The number of rotatable bonds is 3. The normalized spacial score (nSPS) is 12.3. The van der Waals surface area contributed by atoms with Crippen molar-refractivity contribution in [2.24, 2.45) is 4.99 Å². The van der Waals surface area contributed by atoms with Crippen LogP contribution >= 0.6 is 0 Å². The molecule has 0 saturated carbocycles. The highest BCUT2D eigenvalue weighted by Gasteiger charge is 2.06. The minimum atomic E-state index is -0.0743. The summed E-state index contributed by atoms with van der Waals surface area (Å²) in [7, 11) is 0. The molecule has 0 fully saturated rings. The van der Waals surface area contributed by atoms with E-state index in [1.165, 1.54) is 0 Å². The molecule has 1 aromatic carbocycles. The number of pyridine rings is 1.